The molecule has 1 heterocycles. The SMILES string of the molecule is CCC(=O)OCC(C)OCC(C)OCC(C)OCC1CCCO1. The first kappa shape index (κ1) is 20.4. The molecule has 1 fully saturated rings. The predicted molar refractivity (Wildman–Crippen MR) is 86.5 cm³/mol. The molecular formula is C17H32O6. The van der Waals surface area contributed by atoms with Gasteiger partial charge in [0, 0.05) is 13.0 Å². The average molecular weight is 332 g/mol. The summed E-state index contributed by atoms with van der Waals surface area (Å²) in [4.78, 5) is 11.1. The zero-order valence-corrected chi connectivity index (χ0v) is 14.9. The smallest absolute Gasteiger partial charge is 0.305 e. The van der Waals surface area contributed by atoms with E-state index in [-0.39, 0.29) is 37.0 Å². The number of ether oxygens (including phenoxy) is 5. The number of hydrogen-bond acceptors (Lipinski definition) is 6. The van der Waals surface area contributed by atoms with E-state index in [2.05, 4.69) is 0 Å². The molecule has 0 aromatic rings. The van der Waals surface area contributed by atoms with Gasteiger partial charge in [0.05, 0.1) is 44.2 Å². The van der Waals surface area contributed by atoms with Crippen molar-refractivity contribution in [3.8, 4) is 0 Å². The minimum absolute atomic E-state index is 0.0320. The van der Waals surface area contributed by atoms with Crippen LogP contribution in [0.3, 0.4) is 0 Å². The number of hydrogen-bond donors (Lipinski definition) is 0. The van der Waals surface area contributed by atoms with Gasteiger partial charge in [-0.15, -0.1) is 0 Å². The third-order valence-electron chi connectivity index (χ3n) is 3.59. The second-order valence-corrected chi connectivity index (χ2v) is 6.10. The molecule has 0 N–H and O–H groups in total. The Kier molecular flexibility index (Phi) is 10.4. The van der Waals surface area contributed by atoms with Crippen molar-refractivity contribution in [2.75, 3.05) is 33.0 Å². The van der Waals surface area contributed by atoms with E-state index in [0.29, 0.717) is 26.2 Å². The Morgan fingerprint density at radius 2 is 1.65 bits per heavy atom. The number of carbonyl (C=O) groups excluding carboxylic acids is 1. The fourth-order valence-corrected chi connectivity index (χ4v) is 2.10. The fraction of sp³-hybridized carbons (Fsp3) is 0.941. The van der Waals surface area contributed by atoms with Crippen molar-refractivity contribution in [3.63, 3.8) is 0 Å². The van der Waals surface area contributed by atoms with E-state index in [0.717, 1.165) is 19.4 Å². The first-order valence-corrected chi connectivity index (χ1v) is 8.63. The molecule has 23 heavy (non-hydrogen) atoms. The first-order valence-electron chi connectivity index (χ1n) is 8.63. The molecular weight excluding hydrogens is 300 g/mol. The summed E-state index contributed by atoms with van der Waals surface area (Å²) in [6.07, 6.45) is 2.69. The van der Waals surface area contributed by atoms with E-state index < -0.39 is 0 Å². The highest BCUT2D eigenvalue weighted by Crippen LogP contribution is 2.13. The highest BCUT2D eigenvalue weighted by atomic mass is 16.6. The number of rotatable bonds is 12. The summed E-state index contributed by atoms with van der Waals surface area (Å²) in [7, 11) is 0. The Bertz CT molecular complexity index is 316. The molecule has 0 aromatic heterocycles. The molecule has 0 aliphatic carbocycles. The van der Waals surface area contributed by atoms with Crippen LogP contribution in [0.5, 0.6) is 0 Å². The third kappa shape index (κ3) is 9.91. The molecule has 0 amide bonds. The summed E-state index contributed by atoms with van der Waals surface area (Å²) < 4.78 is 27.6. The van der Waals surface area contributed by atoms with Crippen LogP contribution in [0.4, 0.5) is 0 Å². The van der Waals surface area contributed by atoms with E-state index in [1.54, 1.807) is 6.92 Å². The molecule has 0 saturated carbocycles. The Balaban J connectivity index is 2.01. The van der Waals surface area contributed by atoms with Gasteiger partial charge in [0.15, 0.2) is 0 Å². The highest BCUT2D eigenvalue weighted by molar-refractivity contribution is 5.68. The van der Waals surface area contributed by atoms with Crippen LogP contribution in [0.15, 0.2) is 0 Å². The summed E-state index contributed by atoms with van der Waals surface area (Å²) >= 11 is 0. The van der Waals surface area contributed by atoms with Crippen LogP contribution in [-0.2, 0) is 28.5 Å². The molecule has 0 spiro atoms. The van der Waals surface area contributed by atoms with Gasteiger partial charge in [-0.05, 0) is 33.6 Å². The van der Waals surface area contributed by atoms with Crippen LogP contribution >= 0.6 is 0 Å². The lowest BCUT2D eigenvalue weighted by molar-refractivity contribution is -0.148. The molecule has 1 aliphatic heterocycles. The van der Waals surface area contributed by atoms with Crippen molar-refractivity contribution in [3.05, 3.63) is 0 Å². The third-order valence-corrected chi connectivity index (χ3v) is 3.59. The standard InChI is InChI=1S/C17H32O6/c1-5-17(18)23-11-15(4)21-9-13(2)20-10-14(3)22-12-16-7-6-8-19-16/h13-16H,5-12H2,1-4H3. The summed E-state index contributed by atoms with van der Waals surface area (Å²) in [6, 6.07) is 0. The van der Waals surface area contributed by atoms with Crippen molar-refractivity contribution in [2.45, 2.75) is 71.4 Å². The minimum Gasteiger partial charge on any atom is -0.463 e. The lowest BCUT2D eigenvalue weighted by Crippen LogP contribution is -2.28. The second kappa shape index (κ2) is 11.8. The van der Waals surface area contributed by atoms with E-state index in [1.165, 1.54) is 0 Å². The Hall–Kier alpha value is -0.690. The fourth-order valence-electron chi connectivity index (χ4n) is 2.10. The van der Waals surface area contributed by atoms with Gasteiger partial charge < -0.3 is 23.7 Å². The van der Waals surface area contributed by atoms with Crippen LogP contribution in [0.2, 0.25) is 0 Å². The number of esters is 1. The van der Waals surface area contributed by atoms with Crippen LogP contribution in [-0.4, -0.2) is 63.4 Å². The molecule has 1 saturated heterocycles. The van der Waals surface area contributed by atoms with E-state index in [1.807, 2.05) is 20.8 Å². The van der Waals surface area contributed by atoms with Gasteiger partial charge in [-0.25, -0.2) is 0 Å². The molecule has 6 nitrogen and oxygen atoms in total. The largest absolute Gasteiger partial charge is 0.463 e. The Labute approximate surface area is 139 Å². The zero-order chi connectivity index (χ0) is 17.1. The van der Waals surface area contributed by atoms with Crippen molar-refractivity contribution in [1.82, 2.24) is 0 Å². The minimum atomic E-state index is -0.207. The van der Waals surface area contributed by atoms with Gasteiger partial charge in [0.25, 0.3) is 0 Å². The maximum atomic E-state index is 11.1. The lowest BCUT2D eigenvalue weighted by Gasteiger charge is -2.20. The van der Waals surface area contributed by atoms with Gasteiger partial charge >= 0.3 is 5.97 Å². The van der Waals surface area contributed by atoms with Crippen LogP contribution in [0.25, 0.3) is 0 Å². The Morgan fingerprint density at radius 1 is 1.04 bits per heavy atom. The van der Waals surface area contributed by atoms with Crippen LogP contribution in [0, 0.1) is 0 Å². The molecule has 0 aromatic carbocycles. The quantitative estimate of drug-likeness (QED) is 0.511. The summed E-state index contributed by atoms with van der Waals surface area (Å²) in [6.45, 7) is 10.3. The molecule has 1 aliphatic rings. The topological polar surface area (TPSA) is 63.2 Å². The van der Waals surface area contributed by atoms with Crippen LogP contribution < -0.4 is 0 Å². The summed E-state index contributed by atoms with van der Waals surface area (Å²) in [5.74, 6) is -0.207. The average Bonchev–Trinajstić information content (AvgIpc) is 3.07. The number of carbonyl (C=O) groups is 1. The maximum absolute atomic E-state index is 11.1. The molecule has 6 heteroatoms. The summed E-state index contributed by atoms with van der Waals surface area (Å²) in [5.41, 5.74) is 0. The van der Waals surface area contributed by atoms with Gasteiger partial charge in [0.1, 0.15) is 6.61 Å². The second-order valence-electron chi connectivity index (χ2n) is 6.10. The Morgan fingerprint density at radius 3 is 2.22 bits per heavy atom. The van der Waals surface area contributed by atoms with E-state index >= 15 is 0 Å². The van der Waals surface area contributed by atoms with E-state index in [9.17, 15) is 4.79 Å². The zero-order valence-electron chi connectivity index (χ0n) is 14.9. The van der Waals surface area contributed by atoms with Gasteiger partial charge in [-0.1, -0.05) is 6.92 Å². The maximum Gasteiger partial charge on any atom is 0.305 e. The van der Waals surface area contributed by atoms with Crippen molar-refractivity contribution < 1.29 is 28.5 Å². The predicted octanol–water partition coefficient (Wildman–Crippen LogP) is 2.33. The highest BCUT2D eigenvalue weighted by Gasteiger charge is 2.17. The molecule has 0 bridgehead atoms. The van der Waals surface area contributed by atoms with Crippen molar-refractivity contribution >= 4 is 5.97 Å². The molecule has 0 radical (unpaired) electrons. The molecule has 4 atom stereocenters. The first-order chi connectivity index (χ1) is 11.0. The normalized spacial score (nSPS) is 21.8. The lowest BCUT2D eigenvalue weighted by atomic mass is 10.2. The molecule has 1 rings (SSSR count). The van der Waals surface area contributed by atoms with Crippen molar-refractivity contribution in [1.29, 1.82) is 0 Å². The van der Waals surface area contributed by atoms with Gasteiger partial charge in [0.2, 0.25) is 0 Å². The van der Waals surface area contributed by atoms with Gasteiger partial charge in [-0.3, -0.25) is 4.79 Å². The summed E-state index contributed by atoms with van der Waals surface area (Å²) in [5, 5.41) is 0. The molecule has 136 valence electrons. The van der Waals surface area contributed by atoms with E-state index in [4.69, 9.17) is 23.7 Å². The monoisotopic (exact) mass is 332 g/mol. The van der Waals surface area contributed by atoms with Crippen LogP contribution in [0.1, 0.15) is 47.0 Å². The van der Waals surface area contributed by atoms with Gasteiger partial charge in [-0.2, -0.15) is 0 Å². The van der Waals surface area contributed by atoms with Crippen molar-refractivity contribution in [2.24, 2.45) is 0 Å². The molecule has 4 unspecified atom stereocenters.